The zero-order chi connectivity index (χ0) is 28.2. The van der Waals surface area contributed by atoms with Crippen LogP contribution in [0.3, 0.4) is 0 Å². The second-order valence-corrected chi connectivity index (χ2v) is 11.2. The van der Waals surface area contributed by atoms with Crippen LogP contribution in [0, 0.1) is 0 Å². The monoisotopic (exact) mass is 607 g/mol. The number of thiazole rings is 1. The highest BCUT2D eigenvalue weighted by molar-refractivity contribution is 8.00. The first-order valence-electron chi connectivity index (χ1n) is 11.8. The molecule has 0 radical (unpaired) electrons. The zero-order valence-corrected chi connectivity index (χ0v) is 23.6. The fourth-order valence-electron chi connectivity index (χ4n) is 3.99. The van der Waals surface area contributed by atoms with E-state index in [2.05, 4.69) is 15.6 Å². The third kappa shape index (κ3) is 6.29. The third-order valence-corrected chi connectivity index (χ3v) is 8.30. The van der Waals surface area contributed by atoms with E-state index in [1.165, 1.54) is 29.2 Å². The summed E-state index contributed by atoms with van der Waals surface area (Å²) in [5.74, 6) is -1.64. The third-order valence-electron chi connectivity index (χ3n) is 5.81. The molecule has 0 saturated carbocycles. The van der Waals surface area contributed by atoms with Crippen LogP contribution in [0.2, 0.25) is 10.0 Å². The predicted octanol–water partition coefficient (Wildman–Crippen LogP) is 7.95. The van der Waals surface area contributed by atoms with E-state index in [1.54, 1.807) is 60.7 Å². The summed E-state index contributed by atoms with van der Waals surface area (Å²) >= 11 is 14.7. The summed E-state index contributed by atoms with van der Waals surface area (Å²) in [7, 11) is 0. The van der Waals surface area contributed by atoms with E-state index in [0.717, 1.165) is 10.5 Å². The van der Waals surface area contributed by atoms with Crippen molar-refractivity contribution in [2.75, 3.05) is 16.4 Å². The van der Waals surface area contributed by atoms with E-state index in [1.807, 2.05) is 17.5 Å². The van der Waals surface area contributed by atoms with Gasteiger partial charge in [-0.2, -0.15) is 0 Å². The van der Waals surface area contributed by atoms with Crippen LogP contribution in [0.5, 0.6) is 0 Å². The topological polar surface area (TPSA) is 108 Å². The molecule has 3 N–H and O–H groups in total. The molecule has 0 aliphatic heterocycles. The van der Waals surface area contributed by atoms with E-state index in [0.29, 0.717) is 37.3 Å². The van der Waals surface area contributed by atoms with Gasteiger partial charge in [-0.15, -0.1) is 23.1 Å². The second kappa shape index (κ2) is 12.1. The van der Waals surface area contributed by atoms with Crippen LogP contribution in [0.4, 0.5) is 10.8 Å². The fraction of sp³-hybridized carbons (Fsp3) is 0.0345. The molecule has 0 spiro atoms. The van der Waals surface area contributed by atoms with Crippen molar-refractivity contribution in [1.29, 1.82) is 0 Å². The van der Waals surface area contributed by atoms with Gasteiger partial charge in [0.25, 0.3) is 5.91 Å². The lowest BCUT2D eigenvalue weighted by Gasteiger charge is -2.11. The lowest BCUT2D eigenvalue weighted by molar-refractivity contribution is -0.113. The molecule has 0 unspecified atom stereocenters. The summed E-state index contributed by atoms with van der Waals surface area (Å²) in [6.07, 6.45) is 0. The molecule has 4 aromatic carbocycles. The number of rotatable bonds is 8. The van der Waals surface area contributed by atoms with E-state index < -0.39 is 11.9 Å². The highest BCUT2D eigenvalue weighted by Gasteiger charge is 2.17. The van der Waals surface area contributed by atoms with Crippen LogP contribution in [-0.4, -0.2) is 33.6 Å². The first-order chi connectivity index (χ1) is 19.3. The number of carbonyl (C=O) groups excluding carboxylic acids is 2. The number of carboxylic acid groups (broad SMARTS) is 1. The Hall–Kier alpha value is -3.89. The van der Waals surface area contributed by atoms with Gasteiger partial charge in [0.2, 0.25) is 5.91 Å². The van der Waals surface area contributed by atoms with Gasteiger partial charge in [0, 0.05) is 32.5 Å². The molecule has 11 heteroatoms. The van der Waals surface area contributed by atoms with E-state index in [4.69, 9.17) is 23.2 Å². The summed E-state index contributed by atoms with van der Waals surface area (Å²) in [6.45, 7) is 0. The van der Waals surface area contributed by atoms with Crippen molar-refractivity contribution in [2.24, 2.45) is 0 Å². The summed E-state index contributed by atoms with van der Waals surface area (Å²) in [5.41, 5.74) is 2.31. The molecule has 0 fully saturated rings. The Bertz CT molecular complexity index is 1770. The maximum atomic E-state index is 13.1. The van der Waals surface area contributed by atoms with Gasteiger partial charge in [0.15, 0.2) is 5.13 Å². The number of aromatic carboxylic acids is 1. The smallest absolute Gasteiger partial charge is 0.336 e. The number of amides is 2. The minimum absolute atomic E-state index is 0.0582. The molecule has 5 rings (SSSR count). The Labute approximate surface area is 247 Å². The average molecular weight is 609 g/mol. The van der Waals surface area contributed by atoms with Gasteiger partial charge in [-0.25, -0.2) is 9.78 Å². The molecule has 0 atom stereocenters. The largest absolute Gasteiger partial charge is 0.478 e. The van der Waals surface area contributed by atoms with Crippen molar-refractivity contribution in [3.8, 4) is 11.3 Å². The van der Waals surface area contributed by atoms with Crippen molar-refractivity contribution < 1.29 is 19.5 Å². The van der Waals surface area contributed by atoms with Gasteiger partial charge < -0.3 is 15.7 Å². The minimum Gasteiger partial charge on any atom is -0.478 e. The fourth-order valence-corrected chi connectivity index (χ4v) is 5.78. The van der Waals surface area contributed by atoms with Gasteiger partial charge >= 0.3 is 5.97 Å². The van der Waals surface area contributed by atoms with Gasteiger partial charge in [0.05, 0.1) is 27.1 Å². The number of hydrogen-bond donors (Lipinski definition) is 3. The van der Waals surface area contributed by atoms with E-state index >= 15 is 0 Å². The van der Waals surface area contributed by atoms with Crippen LogP contribution < -0.4 is 10.6 Å². The van der Waals surface area contributed by atoms with Gasteiger partial charge in [0.1, 0.15) is 0 Å². The summed E-state index contributed by atoms with van der Waals surface area (Å²) in [4.78, 5) is 42.7. The van der Waals surface area contributed by atoms with Crippen LogP contribution in [-0.2, 0) is 4.79 Å². The maximum absolute atomic E-state index is 13.1. The van der Waals surface area contributed by atoms with Gasteiger partial charge in [-0.3, -0.25) is 9.59 Å². The SMILES string of the molecule is O=C(CSc1cccc(NC(=O)c2cccc3cccc(C(=O)O)c23)c1)Nc1nc(-c2ccc(Cl)c(Cl)c2)cs1. The highest BCUT2D eigenvalue weighted by atomic mass is 35.5. The minimum atomic E-state index is -1.11. The Morgan fingerprint density at radius 2 is 1.62 bits per heavy atom. The lowest BCUT2D eigenvalue weighted by atomic mass is 9.98. The van der Waals surface area contributed by atoms with Crippen molar-refractivity contribution in [2.45, 2.75) is 4.90 Å². The normalized spacial score (nSPS) is 10.8. The molecule has 0 saturated heterocycles. The number of nitrogens with one attached hydrogen (secondary N) is 2. The van der Waals surface area contributed by atoms with Crippen molar-refractivity contribution in [3.05, 3.63) is 105 Å². The number of carboxylic acids is 1. The molecule has 5 aromatic rings. The predicted molar refractivity (Wildman–Crippen MR) is 162 cm³/mol. The number of hydrogen-bond acceptors (Lipinski definition) is 6. The number of anilines is 2. The highest BCUT2D eigenvalue weighted by Crippen LogP contribution is 2.31. The molecular weight excluding hydrogens is 589 g/mol. The standard InChI is InChI=1S/C29H19Cl2N3O4S2/c30-22-11-10-17(12-23(22)31)24-14-40-29(33-24)34-25(35)15-39-19-7-3-6-18(13-19)32-27(36)20-8-1-4-16-5-2-9-21(26(16)20)28(37)38/h1-14H,15H2,(H,32,36)(H,37,38)(H,33,34,35). The summed E-state index contributed by atoms with van der Waals surface area (Å²) < 4.78 is 0. The number of nitrogens with zero attached hydrogens (tertiary/aromatic N) is 1. The molecule has 40 heavy (non-hydrogen) atoms. The number of aromatic nitrogens is 1. The molecule has 200 valence electrons. The van der Waals surface area contributed by atoms with Crippen molar-refractivity contribution in [1.82, 2.24) is 4.98 Å². The molecular formula is C29H19Cl2N3O4S2. The zero-order valence-electron chi connectivity index (χ0n) is 20.5. The molecule has 0 aliphatic carbocycles. The first kappa shape index (κ1) is 27.7. The molecule has 1 aromatic heterocycles. The summed E-state index contributed by atoms with van der Waals surface area (Å²) in [5, 5.41) is 19.4. The van der Waals surface area contributed by atoms with Crippen LogP contribution in [0.1, 0.15) is 20.7 Å². The molecule has 7 nitrogen and oxygen atoms in total. The first-order valence-corrected chi connectivity index (χ1v) is 14.4. The Kier molecular flexibility index (Phi) is 8.37. The molecule has 1 heterocycles. The van der Waals surface area contributed by atoms with Crippen molar-refractivity contribution >= 4 is 85.7 Å². The van der Waals surface area contributed by atoms with Crippen LogP contribution in [0.15, 0.2) is 89.1 Å². The average Bonchev–Trinajstić information content (AvgIpc) is 3.41. The number of carbonyl (C=O) groups is 3. The quantitative estimate of drug-likeness (QED) is 0.154. The Morgan fingerprint density at radius 3 is 2.38 bits per heavy atom. The number of fused-ring (bicyclic) bond motifs is 1. The maximum Gasteiger partial charge on any atom is 0.336 e. The van der Waals surface area contributed by atoms with Crippen LogP contribution >= 0.6 is 46.3 Å². The van der Waals surface area contributed by atoms with E-state index in [9.17, 15) is 19.5 Å². The second-order valence-electron chi connectivity index (χ2n) is 8.50. The summed E-state index contributed by atoms with van der Waals surface area (Å²) in [6, 6.07) is 22.3. The number of halogens is 2. The van der Waals surface area contributed by atoms with Crippen LogP contribution in [0.25, 0.3) is 22.0 Å². The number of thioether (sulfide) groups is 1. The molecule has 0 bridgehead atoms. The van der Waals surface area contributed by atoms with E-state index in [-0.39, 0.29) is 22.8 Å². The molecule has 0 aliphatic rings. The number of benzene rings is 4. The van der Waals surface area contributed by atoms with Gasteiger partial charge in [-0.05, 0) is 47.9 Å². The van der Waals surface area contributed by atoms with Crippen molar-refractivity contribution in [3.63, 3.8) is 0 Å². The lowest BCUT2D eigenvalue weighted by Crippen LogP contribution is -2.14. The molecule has 2 amide bonds. The Balaban J connectivity index is 1.22. The Morgan fingerprint density at radius 1 is 0.875 bits per heavy atom. The van der Waals surface area contributed by atoms with Gasteiger partial charge in [-0.1, -0.05) is 59.6 Å².